The first kappa shape index (κ1) is 16.0. The molecular formula is C14H15F5O2. The highest BCUT2D eigenvalue weighted by atomic mass is 19.4. The van der Waals surface area contributed by atoms with Gasteiger partial charge in [-0.1, -0.05) is 13.0 Å². The molecule has 1 heterocycles. The average Bonchev–Trinajstić information content (AvgIpc) is 2.59. The van der Waals surface area contributed by atoms with E-state index in [4.69, 9.17) is 4.74 Å². The van der Waals surface area contributed by atoms with E-state index >= 15 is 0 Å². The second kappa shape index (κ2) is 4.83. The lowest BCUT2D eigenvalue weighted by Crippen LogP contribution is -2.46. The van der Waals surface area contributed by atoms with E-state index in [-0.39, 0.29) is 5.56 Å². The van der Waals surface area contributed by atoms with Crippen LogP contribution in [0.25, 0.3) is 0 Å². The Morgan fingerprint density at radius 1 is 1.19 bits per heavy atom. The van der Waals surface area contributed by atoms with Gasteiger partial charge in [-0.25, -0.2) is 4.39 Å². The summed E-state index contributed by atoms with van der Waals surface area (Å²) < 4.78 is 71.1. The van der Waals surface area contributed by atoms with Crippen LogP contribution in [0.2, 0.25) is 0 Å². The normalized spacial score (nSPS) is 33.4. The molecule has 1 aromatic rings. The first-order chi connectivity index (χ1) is 9.50. The third-order valence-electron chi connectivity index (χ3n) is 4.37. The van der Waals surface area contributed by atoms with Crippen LogP contribution in [0.5, 0.6) is 5.75 Å². The van der Waals surface area contributed by atoms with Gasteiger partial charge >= 0.3 is 6.18 Å². The molecule has 0 spiro atoms. The van der Waals surface area contributed by atoms with E-state index in [1.165, 1.54) is 13.8 Å². The lowest BCUT2D eigenvalue weighted by atomic mass is 9.77. The highest BCUT2D eigenvalue weighted by Gasteiger charge is 2.63. The van der Waals surface area contributed by atoms with Crippen LogP contribution in [0.1, 0.15) is 32.3 Å². The van der Waals surface area contributed by atoms with Gasteiger partial charge in [0.25, 0.3) is 0 Å². The Balaban J connectivity index is 2.49. The van der Waals surface area contributed by atoms with E-state index in [1.54, 1.807) is 0 Å². The minimum Gasteiger partial charge on any atom is -0.505 e. The molecule has 0 bridgehead atoms. The number of rotatable bonds is 1. The second-order valence-corrected chi connectivity index (χ2v) is 5.54. The zero-order chi connectivity index (χ0) is 16.2. The van der Waals surface area contributed by atoms with Crippen molar-refractivity contribution in [3.8, 4) is 5.75 Å². The monoisotopic (exact) mass is 310 g/mol. The zero-order valence-corrected chi connectivity index (χ0v) is 11.6. The number of alkyl halides is 3. The van der Waals surface area contributed by atoms with Gasteiger partial charge in [-0.3, -0.25) is 0 Å². The molecule has 1 fully saturated rings. The van der Waals surface area contributed by atoms with E-state index in [9.17, 15) is 27.1 Å². The lowest BCUT2D eigenvalue weighted by molar-refractivity contribution is -0.273. The maximum Gasteiger partial charge on any atom is 0.417 e. The highest BCUT2D eigenvalue weighted by Crippen LogP contribution is 2.54. The van der Waals surface area contributed by atoms with Crippen LogP contribution in [0.4, 0.5) is 22.0 Å². The van der Waals surface area contributed by atoms with Gasteiger partial charge in [-0.15, -0.1) is 0 Å². The zero-order valence-electron chi connectivity index (χ0n) is 11.6. The maximum absolute atomic E-state index is 13.4. The molecule has 4 unspecified atom stereocenters. The molecule has 0 aromatic heterocycles. The Hall–Kier alpha value is -1.37. The smallest absolute Gasteiger partial charge is 0.417 e. The number of phenols is 1. The summed E-state index contributed by atoms with van der Waals surface area (Å²) in [4.78, 5) is 0. The Kier molecular flexibility index (Phi) is 3.68. The molecule has 1 aromatic carbocycles. The number of hydrogen-bond acceptors (Lipinski definition) is 2. The summed E-state index contributed by atoms with van der Waals surface area (Å²) in [6, 6.07) is 1.88. The number of hydrogen-bond donors (Lipinski definition) is 1. The maximum atomic E-state index is 13.4. The SMILES string of the molecule is CC1OC(C)(C(F)(F)F)C(C)C1c1ccc(F)c(F)c1O. The molecule has 21 heavy (non-hydrogen) atoms. The van der Waals surface area contributed by atoms with Crippen molar-refractivity contribution < 1.29 is 31.8 Å². The lowest BCUT2D eigenvalue weighted by Gasteiger charge is -2.32. The van der Waals surface area contributed by atoms with Crippen LogP contribution in [0, 0.1) is 17.6 Å². The molecule has 2 nitrogen and oxygen atoms in total. The van der Waals surface area contributed by atoms with Crippen LogP contribution in [-0.4, -0.2) is 23.0 Å². The van der Waals surface area contributed by atoms with E-state index in [1.807, 2.05) is 0 Å². The summed E-state index contributed by atoms with van der Waals surface area (Å²) in [6.45, 7) is 3.66. The van der Waals surface area contributed by atoms with Crippen LogP contribution >= 0.6 is 0 Å². The van der Waals surface area contributed by atoms with Crippen molar-refractivity contribution in [3.63, 3.8) is 0 Å². The molecule has 0 radical (unpaired) electrons. The molecule has 1 aliphatic rings. The Morgan fingerprint density at radius 2 is 1.76 bits per heavy atom. The van der Waals surface area contributed by atoms with Gasteiger partial charge in [-0.05, 0) is 19.9 Å². The summed E-state index contributed by atoms with van der Waals surface area (Å²) in [5.41, 5.74) is -2.49. The molecule has 4 atom stereocenters. The van der Waals surface area contributed by atoms with Crippen molar-refractivity contribution in [3.05, 3.63) is 29.3 Å². The summed E-state index contributed by atoms with van der Waals surface area (Å²) in [5.74, 6) is -5.65. The van der Waals surface area contributed by atoms with Crippen LogP contribution in [-0.2, 0) is 4.74 Å². The summed E-state index contributed by atoms with van der Waals surface area (Å²) in [7, 11) is 0. The average molecular weight is 310 g/mol. The van der Waals surface area contributed by atoms with Crippen LogP contribution in [0.15, 0.2) is 12.1 Å². The predicted octanol–water partition coefficient (Wildman–Crippen LogP) is 4.13. The van der Waals surface area contributed by atoms with Crippen molar-refractivity contribution in [1.82, 2.24) is 0 Å². The number of benzene rings is 1. The van der Waals surface area contributed by atoms with Crippen molar-refractivity contribution in [1.29, 1.82) is 0 Å². The molecule has 7 heteroatoms. The Bertz CT molecular complexity index is 557. The van der Waals surface area contributed by atoms with Crippen molar-refractivity contribution >= 4 is 0 Å². The fourth-order valence-corrected chi connectivity index (χ4v) is 2.99. The minimum atomic E-state index is -4.61. The molecule has 0 saturated carbocycles. The first-order valence-electron chi connectivity index (χ1n) is 6.42. The van der Waals surface area contributed by atoms with E-state index < -0.39 is 47.1 Å². The molecule has 2 rings (SSSR count). The summed E-state index contributed by atoms with van der Waals surface area (Å²) in [5, 5.41) is 9.70. The van der Waals surface area contributed by atoms with Gasteiger partial charge < -0.3 is 9.84 Å². The Morgan fingerprint density at radius 3 is 2.24 bits per heavy atom. The predicted molar refractivity (Wildman–Crippen MR) is 64.9 cm³/mol. The third kappa shape index (κ3) is 2.27. The fraction of sp³-hybridized carbons (Fsp3) is 0.571. The van der Waals surface area contributed by atoms with E-state index in [2.05, 4.69) is 0 Å². The minimum absolute atomic E-state index is 0.0816. The number of ether oxygens (including phenoxy) is 1. The van der Waals surface area contributed by atoms with E-state index in [0.29, 0.717) is 0 Å². The van der Waals surface area contributed by atoms with Gasteiger partial charge in [0.15, 0.2) is 17.2 Å². The quantitative estimate of drug-likeness (QED) is 0.790. The van der Waals surface area contributed by atoms with Crippen LogP contribution in [0.3, 0.4) is 0 Å². The molecule has 118 valence electrons. The topological polar surface area (TPSA) is 29.5 Å². The highest BCUT2D eigenvalue weighted by molar-refractivity contribution is 5.39. The molecule has 1 aliphatic heterocycles. The van der Waals surface area contributed by atoms with Gasteiger partial charge in [0.05, 0.1) is 6.10 Å². The van der Waals surface area contributed by atoms with Gasteiger partial charge in [0, 0.05) is 17.4 Å². The number of aromatic hydroxyl groups is 1. The van der Waals surface area contributed by atoms with Crippen molar-refractivity contribution in [2.75, 3.05) is 0 Å². The first-order valence-corrected chi connectivity index (χ1v) is 6.42. The third-order valence-corrected chi connectivity index (χ3v) is 4.37. The largest absolute Gasteiger partial charge is 0.505 e. The molecule has 1 saturated heterocycles. The molecule has 0 amide bonds. The molecule has 1 N–H and O–H groups in total. The van der Waals surface area contributed by atoms with Crippen molar-refractivity contribution in [2.45, 2.75) is 44.6 Å². The summed E-state index contributed by atoms with van der Waals surface area (Å²) in [6.07, 6.45) is -5.51. The molecular weight excluding hydrogens is 295 g/mol. The fourth-order valence-electron chi connectivity index (χ4n) is 2.99. The second-order valence-electron chi connectivity index (χ2n) is 5.54. The standard InChI is InChI=1S/C14H15F5O2/c1-6-10(7(2)21-13(6,3)14(17,18)19)8-4-5-9(15)11(16)12(8)20/h4-7,10,20H,1-3H3. The van der Waals surface area contributed by atoms with E-state index in [0.717, 1.165) is 19.1 Å². The van der Waals surface area contributed by atoms with Gasteiger partial charge in [-0.2, -0.15) is 17.6 Å². The number of phenolic OH excluding ortho intramolecular Hbond substituents is 1. The Labute approximate surface area is 118 Å². The summed E-state index contributed by atoms with van der Waals surface area (Å²) >= 11 is 0. The van der Waals surface area contributed by atoms with Gasteiger partial charge in [0.1, 0.15) is 0 Å². The molecule has 0 aliphatic carbocycles. The van der Waals surface area contributed by atoms with Gasteiger partial charge in [0.2, 0.25) is 5.82 Å². The van der Waals surface area contributed by atoms with Crippen LogP contribution < -0.4 is 0 Å². The van der Waals surface area contributed by atoms with Crippen molar-refractivity contribution in [2.24, 2.45) is 5.92 Å². The number of halogens is 5.